The minimum atomic E-state index is -1.10. The number of ether oxygens (including phenoxy) is 2. The molecule has 0 aromatic heterocycles. The number of nitrogens with zero attached hydrogens (tertiary/aromatic N) is 1. The predicted molar refractivity (Wildman–Crippen MR) is 132 cm³/mol. The number of nitrogens with one attached hydrogen (secondary N) is 3. The number of hydrogen-bond acceptors (Lipinski definition) is 7. The van der Waals surface area contributed by atoms with Crippen LogP contribution in [0.3, 0.4) is 0 Å². The molecule has 1 aliphatic rings. The minimum Gasteiger partial charge on any atom is -0.483 e. The lowest BCUT2D eigenvalue weighted by Gasteiger charge is -2.30. The SMILES string of the molecule is CCOC(=O)C1=C(C)NC(=S)N[C@H]1c1ccccc1OCC(=O)NN=Cc1ccccc1C(=O)O. The number of carboxylic acid groups (broad SMARTS) is 1. The van der Waals surface area contributed by atoms with Gasteiger partial charge in [0.1, 0.15) is 5.75 Å². The van der Waals surface area contributed by atoms with Crippen molar-refractivity contribution < 1.29 is 29.0 Å². The standard InChI is InChI=1S/C24H24N4O6S/c1-3-33-23(32)20-14(2)26-24(35)27-21(20)17-10-6-7-11-18(17)34-13-19(29)28-25-12-15-8-4-5-9-16(15)22(30)31/h4-12,21H,3,13H2,1-2H3,(H,28,29)(H,30,31)(H2,26,27,35)/t21-/m0/s1. The average molecular weight is 497 g/mol. The van der Waals surface area contributed by atoms with E-state index in [0.717, 1.165) is 0 Å². The highest BCUT2D eigenvalue weighted by atomic mass is 32.1. The van der Waals surface area contributed by atoms with Gasteiger partial charge in [-0.3, -0.25) is 4.79 Å². The van der Waals surface area contributed by atoms with Crippen molar-refractivity contribution in [2.75, 3.05) is 13.2 Å². The molecule has 0 bridgehead atoms. The van der Waals surface area contributed by atoms with Gasteiger partial charge < -0.3 is 25.2 Å². The molecule has 3 rings (SSSR count). The fourth-order valence-corrected chi connectivity index (χ4v) is 3.68. The van der Waals surface area contributed by atoms with E-state index in [2.05, 4.69) is 21.2 Å². The average Bonchev–Trinajstić information content (AvgIpc) is 2.82. The van der Waals surface area contributed by atoms with Crippen LogP contribution in [0, 0.1) is 0 Å². The van der Waals surface area contributed by atoms with Gasteiger partial charge in [0.15, 0.2) is 11.7 Å². The molecule has 0 saturated carbocycles. The van der Waals surface area contributed by atoms with Crippen LogP contribution >= 0.6 is 12.2 Å². The van der Waals surface area contributed by atoms with Gasteiger partial charge in [0.05, 0.1) is 30.0 Å². The number of amides is 1. The summed E-state index contributed by atoms with van der Waals surface area (Å²) in [4.78, 5) is 36.2. The number of hydrazone groups is 1. The van der Waals surface area contributed by atoms with Crippen LogP contribution in [0.25, 0.3) is 0 Å². The topological polar surface area (TPSA) is 138 Å². The Kier molecular flexibility index (Phi) is 8.52. The van der Waals surface area contributed by atoms with Crippen LogP contribution in [0.2, 0.25) is 0 Å². The molecule has 1 atom stereocenters. The zero-order chi connectivity index (χ0) is 25.4. The van der Waals surface area contributed by atoms with Crippen molar-refractivity contribution >= 4 is 41.4 Å². The van der Waals surface area contributed by atoms with Crippen molar-refractivity contribution in [1.29, 1.82) is 0 Å². The highest BCUT2D eigenvalue weighted by molar-refractivity contribution is 7.80. The van der Waals surface area contributed by atoms with Crippen molar-refractivity contribution in [2.45, 2.75) is 19.9 Å². The van der Waals surface area contributed by atoms with Crippen molar-refractivity contribution in [2.24, 2.45) is 5.10 Å². The summed E-state index contributed by atoms with van der Waals surface area (Å²) in [6, 6.07) is 12.6. The molecule has 0 unspecified atom stereocenters. The second kappa shape index (κ2) is 11.7. The third-order valence-electron chi connectivity index (χ3n) is 4.94. The van der Waals surface area contributed by atoms with Gasteiger partial charge in [0.2, 0.25) is 0 Å². The summed E-state index contributed by atoms with van der Waals surface area (Å²) in [5.41, 5.74) is 4.20. The molecule has 35 heavy (non-hydrogen) atoms. The Morgan fingerprint density at radius 1 is 1.17 bits per heavy atom. The van der Waals surface area contributed by atoms with E-state index in [1.54, 1.807) is 56.3 Å². The lowest BCUT2D eigenvalue weighted by Crippen LogP contribution is -2.45. The molecule has 182 valence electrons. The molecule has 10 nitrogen and oxygen atoms in total. The van der Waals surface area contributed by atoms with E-state index < -0.39 is 23.9 Å². The highest BCUT2D eigenvalue weighted by Crippen LogP contribution is 2.33. The van der Waals surface area contributed by atoms with Crippen LogP contribution in [0.15, 0.2) is 64.9 Å². The van der Waals surface area contributed by atoms with Gasteiger partial charge in [-0.15, -0.1) is 0 Å². The van der Waals surface area contributed by atoms with E-state index in [9.17, 15) is 19.5 Å². The molecule has 0 saturated heterocycles. The van der Waals surface area contributed by atoms with Crippen LogP contribution < -0.4 is 20.8 Å². The Morgan fingerprint density at radius 2 is 1.89 bits per heavy atom. The van der Waals surface area contributed by atoms with Crippen molar-refractivity contribution in [3.8, 4) is 5.75 Å². The summed E-state index contributed by atoms with van der Waals surface area (Å²) >= 11 is 5.26. The van der Waals surface area contributed by atoms with Crippen LogP contribution in [0.4, 0.5) is 0 Å². The molecule has 0 radical (unpaired) electrons. The number of allylic oxidation sites excluding steroid dienone is 1. The zero-order valence-electron chi connectivity index (χ0n) is 19.0. The van der Waals surface area contributed by atoms with Gasteiger partial charge in [-0.2, -0.15) is 5.10 Å². The van der Waals surface area contributed by atoms with Crippen LogP contribution in [0.1, 0.15) is 41.4 Å². The molecule has 1 heterocycles. The number of para-hydroxylation sites is 1. The Bertz CT molecular complexity index is 1210. The second-order valence-corrected chi connectivity index (χ2v) is 7.71. The number of esters is 1. The summed E-state index contributed by atoms with van der Waals surface area (Å²) in [6.07, 6.45) is 1.24. The molecule has 0 spiro atoms. The van der Waals surface area contributed by atoms with Gasteiger partial charge in [0.25, 0.3) is 5.91 Å². The maximum Gasteiger partial charge on any atom is 0.338 e. The Hall–Kier alpha value is -4.25. The molecular weight excluding hydrogens is 472 g/mol. The van der Waals surface area contributed by atoms with E-state index in [-0.39, 0.29) is 18.8 Å². The monoisotopic (exact) mass is 496 g/mol. The number of carbonyl (C=O) groups excluding carboxylic acids is 2. The Labute approximate surface area is 207 Å². The molecule has 1 amide bonds. The van der Waals surface area contributed by atoms with Crippen LogP contribution in [-0.4, -0.2) is 47.5 Å². The van der Waals surface area contributed by atoms with E-state index in [0.29, 0.717) is 33.3 Å². The van der Waals surface area contributed by atoms with Gasteiger partial charge in [-0.1, -0.05) is 36.4 Å². The lowest BCUT2D eigenvalue weighted by molar-refractivity contribution is -0.139. The van der Waals surface area contributed by atoms with Crippen LogP contribution in [-0.2, 0) is 14.3 Å². The van der Waals surface area contributed by atoms with E-state index in [1.807, 2.05) is 0 Å². The number of benzene rings is 2. The maximum atomic E-state index is 12.6. The fraction of sp³-hybridized carbons (Fsp3) is 0.208. The molecule has 0 aliphatic carbocycles. The molecular formula is C24H24N4O6S. The number of aromatic carboxylic acids is 1. The molecule has 11 heteroatoms. The number of carboxylic acids is 1. The summed E-state index contributed by atoms with van der Waals surface area (Å²) in [6.45, 7) is 3.28. The summed E-state index contributed by atoms with van der Waals surface area (Å²) in [5.74, 6) is -1.80. The molecule has 2 aromatic rings. The lowest BCUT2D eigenvalue weighted by atomic mass is 9.95. The first-order valence-corrected chi connectivity index (χ1v) is 11.0. The third-order valence-corrected chi connectivity index (χ3v) is 5.16. The number of hydrogen-bond donors (Lipinski definition) is 4. The fourth-order valence-electron chi connectivity index (χ4n) is 3.41. The molecule has 1 aliphatic heterocycles. The first kappa shape index (κ1) is 25.4. The Morgan fingerprint density at radius 3 is 2.63 bits per heavy atom. The quantitative estimate of drug-likeness (QED) is 0.178. The van der Waals surface area contributed by atoms with Crippen molar-refractivity contribution in [3.05, 3.63) is 76.5 Å². The van der Waals surface area contributed by atoms with Crippen molar-refractivity contribution in [1.82, 2.24) is 16.1 Å². The van der Waals surface area contributed by atoms with Gasteiger partial charge in [-0.05, 0) is 38.2 Å². The summed E-state index contributed by atoms with van der Waals surface area (Å²) in [7, 11) is 0. The second-order valence-electron chi connectivity index (χ2n) is 7.30. The van der Waals surface area contributed by atoms with E-state index in [4.69, 9.17) is 21.7 Å². The summed E-state index contributed by atoms with van der Waals surface area (Å²) < 4.78 is 10.9. The molecule has 2 aromatic carbocycles. The van der Waals surface area contributed by atoms with Gasteiger partial charge in [-0.25, -0.2) is 15.0 Å². The first-order valence-electron chi connectivity index (χ1n) is 10.6. The van der Waals surface area contributed by atoms with Gasteiger partial charge in [0, 0.05) is 16.8 Å². The summed E-state index contributed by atoms with van der Waals surface area (Å²) in [5, 5.41) is 19.3. The zero-order valence-corrected chi connectivity index (χ0v) is 19.8. The number of thiocarbonyl (C=S) groups is 1. The van der Waals surface area contributed by atoms with Crippen LogP contribution in [0.5, 0.6) is 5.75 Å². The first-order chi connectivity index (χ1) is 16.8. The van der Waals surface area contributed by atoms with E-state index in [1.165, 1.54) is 12.3 Å². The molecule has 4 N–H and O–H groups in total. The number of rotatable bonds is 9. The predicted octanol–water partition coefficient (Wildman–Crippen LogP) is 2.27. The third kappa shape index (κ3) is 6.42. The highest BCUT2D eigenvalue weighted by Gasteiger charge is 2.32. The maximum absolute atomic E-state index is 12.6. The Balaban J connectivity index is 1.72. The van der Waals surface area contributed by atoms with Crippen molar-refractivity contribution in [3.63, 3.8) is 0 Å². The normalized spacial score (nSPS) is 15.3. The van der Waals surface area contributed by atoms with Gasteiger partial charge >= 0.3 is 11.9 Å². The molecule has 0 fully saturated rings. The smallest absolute Gasteiger partial charge is 0.338 e. The number of carbonyl (C=O) groups is 3. The largest absolute Gasteiger partial charge is 0.483 e. The minimum absolute atomic E-state index is 0.0591. The van der Waals surface area contributed by atoms with E-state index >= 15 is 0 Å².